The number of carbonyl (C=O) groups is 1. The van der Waals surface area contributed by atoms with Gasteiger partial charge in [-0.3, -0.25) is 4.79 Å². The number of esters is 1. The average molecular weight is 228 g/mol. The second-order valence-corrected chi connectivity index (χ2v) is 3.53. The summed E-state index contributed by atoms with van der Waals surface area (Å²) in [4.78, 5) is 11.3. The Morgan fingerprint density at radius 1 is 1.40 bits per heavy atom. The number of alkyl halides is 1. The monoisotopic (exact) mass is 227 g/mol. The first-order valence-corrected chi connectivity index (χ1v) is 5.29. The van der Waals surface area contributed by atoms with Gasteiger partial charge in [-0.15, -0.1) is 11.6 Å². The molecule has 0 saturated heterocycles. The molecule has 82 valence electrons. The van der Waals surface area contributed by atoms with Gasteiger partial charge in [0.2, 0.25) is 0 Å². The number of ether oxygens (including phenoxy) is 1. The van der Waals surface area contributed by atoms with Gasteiger partial charge in [-0.2, -0.15) is 0 Å². The molecule has 0 fully saturated rings. The van der Waals surface area contributed by atoms with Gasteiger partial charge >= 0.3 is 5.97 Å². The Hall–Kier alpha value is -1.06. The van der Waals surface area contributed by atoms with Crippen molar-refractivity contribution in [1.29, 1.82) is 0 Å². The van der Waals surface area contributed by atoms with E-state index in [0.717, 1.165) is 5.56 Å². The summed E-state index contributed by atoms with van der Waals surface area (Å²) >= 11 is 5.39. The van der Waals surface area contributed by atoms with Crippen LogP contribution in [0.2, 0.25) is 0 Å². The first kappa shape index (κ1) is 12.0. The molecule has 1 rings (SSSR count). The third-order valence-corrected chi connectivity index (χ3v) is 2.08. The van der Waals surface area contributed by atoms with E-state index in [2.05, 4.69) is 0 Å². The lowest BCUT2D eigenvalue weighted by molar-refractivity contribution is -0.144. The predicted molar refractivity (Wildman–Crippen MR) is 59.8 cm³/mol. The second-order valence-electron chi connectivity index (χ2n) is 3.15. The highest BCUT2D eigenvalue weighted by Gasteiger charge is 2.14. The Labute approximate surface area is 94.2 Å². The number of hydrogen-bond acceptors (Lipinski definition) is 3. The summed E-state index contributed by atoms with van der Waals surface area (Å²) in [6.07, 6.45) is 0.488. The highest BCUT2D eigenvalue weighted by molar-refractivity contribution is 6.18. The van der Waals surface area contributed by atoms with Crippen molar-refractivity contribution in [2.75, 3.05) is 12.5 Å². The van der Waals surface area contributed by atoms with E-state index < -0.39 is 12.0 Å². The molecule has 15 heavy (non-hydrogen) atoms. The van der Waals surface area contributed by atoms with Crippen LogP contribution in [0, 0.1) is 0 Å². The maximum absolute atomic E-state index is 11.3. The van der Waals surface area contributed by atoms with E-state index in [1.54, 1.807) is 0 Å². The van der Waals surface area contributed by atoms with Crippen molar-refractivity contribution in [3.8, 4) is 0 Å². The van der Waals surface area contributed by atoms with Crippen molar-refractivity contribution >= 4 is 17.6 Å². The van der Waals surface area contributed by atoms with E-state index in [1.165, 1.54) is 0 Å². The molecule has 0 aliphatic carbocycles. The lowest BCUT2D eigenvalue weighted by atomic mass is 10.1. The lowest BCUT2D eigenvalue weighted by Gasteiger charge is -2.10. The summed E-state index contributed by atoms with van der Waals surface area (Å²) in [7, 11) is 0. The van der Waals surface area contributed by atoms with Gasteiger partial charge in [-0.05, 0) is 12.0 Å². The van der Waals surface area contributed by atoms with E-state index in [9.17, 15) is 4.79 Å². The minimum atomic E-state index is -0.615. The van der Waals surface area contributed by atoms with E-state index in [0.29, 0.717) is 12.3 Å². The number of benzene rings is 1. The summed E-state index contributed by atoms with van der Waals surface area (Å²) in [6, 6.07) is 8.97. The number of carbonyl (C=O) groups excluding carboxylic acids is 1. The zero-order chi connectivity index (χ0) is 11.1. The molecule has 0 heterocycles. The predicted octanol–water partition coefficient (Wildman–Crippen LogP) is 1.34. The van der Waals surface area contributed by atoms with Crippen LogP contribution in [0.3, 0.4) is 0 Å². The molecule has 0 bridgehead atoms. The molecule has 1 aromatic rings. The summed E-state index contributed by atoms with van der Waals surface area (Å²) in [5.74, 6) is -0.108. The Morgan fingerprint density at radius 3 is 2.67 bits per heavy atom. The molecule has 1 aromatic carbocycles. The Kier molecular flexibility index (Phi) is 5.15. The van der Waals surface area contributed by atoms with E-state index in [1.807, 2.05) is 30.3 Å². The van der Waals surface area contributed by atoms with Crippen LogP contribution in [-0.4, -0.2) is 24.5 Å². The van der Waals surface area contributed by atoms with Crippen LogP contribution in [0.1, 0.15) is 5.56 Å². The van der Waals surface area contributed by atoms with Crippen molar-refractivity contribution in [1.82, 2.24) is 0 Å². The van der Waals surface area contributed by atoms with Crippen LogP contribution in [0.15, 0.2) is 30.3 Å². The van der Waals surface area contributed by atoms with E-state index in [4.69, 9.17) is 22.1 Å². The highest BCUT2D eigenvalue weighted by atomic mass is 35.5. The lowest BCUT2D eigenvalue weighted by Crippen LogP contribution is -2.34. The van der Waals surface area contributed by atoms with Crippen molar-refractivity contribution in [3.05, 3.63) is 35.9 Å². The Balaban J connectivity index is 2.41. The van der Waals surface area contributed by atoms with Gasteiger partial charge in [0, 0.05) is 0 Å². The van der Waals surface area contributed by atoms with Gasteiger partial charge < -0.3 is 10.5 Å². The minimum absolute atomic E-state index is 0.211. The molecule has 0 amide bonds. The molecule has 0 aliphatic heterocycles. The fourth-order valence-corrected chi connectivity index (χ4v) is 1.27. The van der Waals surface area contributed by atoms with Crippen LogP contribution >= 0.6 is 11.6 Å². The zero-order valence-corrected chi connectivity index (χ0v) is 9.11. The molecule has 3 nitrogen and oxygen atoms in total. The smallest absolute Gasteiger partial charge is 0.323 e. The maximum Gasteiger partial charge on any atom is 0.323 e. The van der Waals surface area contributed by atoms with Gasteiger partial charge in [0.1, 0.15) is 12.6 Å². The van der Waals surface area contributed by atoms with Crippen LogP contribution in [0.4, 0.5) is 0 Å². The standard InChI is InChI=1S/C11H14ClNO2/c12-6-7-15-11(14)10(13)8-9-4-2-1-3-5-9/h1-5,10H,6-8,13H2/t10-/m0/s1. The zero-order valence-electron chi connectivity index (χ0n) is 8.36. The third-order valence-electron chi connectivity index (χ3n) is 1.92. The highest BCUT2D eigenvalue weighted by Crippen LogP contribution is 2.02. The number of halogens is 1. The molecule has 0 spiro atoms. The quantitative estimate of drug-likeness (QED) is 0.610. The van der Waals surface area contributed by atoms with Crippen molar-refractivity contribution in [3.63, 3.8) is 0 Å². The Bertz CT molecular complexity index is 303. The van der Waals surface area contributed by atoms with Gasteiger partial charge in [-0.25, -0.2) is 0 Å². The normalized spacial score (nSPS) is 12.1. The topological polar surface area (TPSA) is 52.3 Å². The van der Waals surface area contributed by atoms with Crippen LogP contribution < -0.4 is 5.73 Å². The Morgan fingerprint density at radius 2 is 2.07 bits per heavy atom. The third kappa shape index (κ3) is 4.32. The summed E-state index contributed by atoms with van der Waals surface area (Å²) < 4.78 is 4.83. The molecule has 0 radical (unpaired) electrons. The SMILES string of the molecule is N[C@@H](Cc1ccccc1)C(=O)OCCCl. The summed E-state index contributed by atoms with van der Waals surface area (Å²) in [5, 5.41) is 0. The van der Waals surface area contributed by atoms with Gasteiger partial charge in [0.15, 0.2) is 0 Å². The minimum Gasteiger partial charge on any atom is -0.463 e. The van der Waals surface area contributed by atoms with Gasteiger partial charge in [-0.1, -0.05) is 30.3 Å². The maximum atomic E-state index is 11.3. The number of hydrogen-bond donors (Lipinski definition) is 1. The molecule has 0 saturated carbocycles. The van der Waals surface area contributed by atoms with Crippen LogP contribution in [0.5, 0.6) is 0 Å². The number of nitrogens with two attached hydrogens (primary N) is 1. The second kappa shape index (κ2) is 6.43. The van der Waals surface area contributed by atoms with Crippen molar-refractivity contribution in [2.45, 2.75) is 12.5 Å². The number of rotatable bonds is 5. The van der Waals surface area contributed by atoms with Gasteiger partial charge in [0.05, 0.1) is 5.88 Å². The fourth-order valence-electron chi connectivity index (χ4n) is 1.20. The van der Waals surface area contributed by atoms with E-state index >= 15 is 0 Å². The molecule has 0 aromatic heterocycles. The summed E-state index contributed by atoms with van der Waals surface area (Å²) in [5.41, 5.74) is 6.69. The molecule has 4 heteroatoms. The first-order chi connectivity index (χ1) is 7.24. The first-order valence-electron chi connectivity index (χ1n) is 4.76. The molecular formula is C11H14ClNO2. The molecular weight excluding hydrogens is 214 g/mol. The largest absolute Gasteiger partial charge is 0.463 e. The average Bonchev–Trinajstić information content (AvgIpc) is 2.27. The van der Waals surface area contributed by atoms with Crippen molar-refractivity contribution in [2.24, 2.45) is 5.73 Å². The van der Waals surface area contributed by atoms with Gasteiger partial charge in [0.25, 0.3) is 0 Å². The molecule has 0 aliphatic rings. The van der Waals surface area contributed by atoms with E-state index in [-0.39, 0.29) is 6.61 Å². The van der Waals surface area contributed by atoms with Crippen molar-refractivity contribution < 1.29 is 9.53 Å². The molecule has 2 N–H and O–H groups in total. The fraction of sp³-hybridized carbons (Fsp3) is 0.364. The molecule has 1 atom stereocenters. The molecule has 0 unspecified atom stereocenters. The van der Waals surface area contributed by atoms with Crippen LogP contribution in [0.25, 0.3) is 0 Å². The van der Waals surface area contributed by atoms with Crippen LogP contribution in [-0.2, 0) is 16.0 Å². The summed E-state index contributed by atoms with van der Waals surface area (Å²) in [6.45, 7) is 0.211.